The van der Waals surface area contributed by atoms with E-state index in [1.807, 2.05) is 38.5 Å². The van der Waals surface area contributed by atoms with Crippen molar-refractivity contribution in [3.8, 4) is 0 Å². The number of hydrogen-bond donors (Lipinski definition) is 3. The van der Waals surface area contributed by atoms with Crippen LogP contribution in [-0.4, -0.2) is 42.1 Å². The molecule has 0 unspecified atom stereocenters. The van der Waals surface area contributed by atoms with E-state index < -0.39 is 0 Å². The number of H-pyrrole nitrogens is 1. The minimum absolute atomic E-state index is 0.785. The molecule has 3 N–H and O–H groups in total. The predicted octanol–water partition coefficient (Wildman–Crippen LogP) is 1.59. The third kappa shape index (κ3) is 3.96. The fourth-order valence-corrected chi connectivity index (χ4v) is 1.78. The average molecular weight is 260 g/mol. The van der Waals surface area contributed by atoms with Crippen molar-refractivity contribution in [2.75, 3.05) is 37.4 Å². The topological polar surface area (TPSA) is 68.9 Å². The highest BCUT2D eigenvalue weighted by Crippen LogP contribution is 2.16. The molecule has 0 saturated carbocycles. The normalized spacial score (nSPS) is 10.4. The Balaban J connectivity index is 1.98. The molecule has 0 aliphatic carbocycles. The molecule has 102 valence electrons. The molecule has 0 saturated heterocycles. The molecule has 0 bridgehead atoms. The van der Waals surface area contributed by atoms with E-state index in [0.717, 1.165) is 37.0 Å². The molecule has 2 aromatic heterocycles. The minimum Gasteiger partial charge on any atom is -0.359 e. The molecule has 2 heterocycles. The van der Waals surface area contributed by atoms with Crippen LogP contribution in [-0.2, 0) is 0 Å². The number of nitrogens with zero attached hydrogens (tertiary/aromatic N) is 3. The van der Waals surface area contributed by atoms with Crippen molar-refractivity contribution in [2.45, 2.75) is 6.42 Å². The molecule has 6 heteroatoms. The first-order valence-corrected chi connectivity index (χ1v) is 6.38. The Kier molecular flexibility index (Phi) is 4.74. The van der Waals surface area contributed by atoms with Gasteiger partial charge in [-0.15, -0.1) is 0 Å². The lowest BCUT2D eigenvalue weighted by Gasteiger charge is -2.18. The fourth-order valence-electron chi connectivity index (χ4n) is 1.78. The zero-order valence-corrected chi connectivity index (χ0v) is 11.3. The summed E-state index contributed by atoms with van der Waals surface area (Å²) in [5, 5.41) is 6.34. The zero-order valence-electron chi connectivity index (χ0n) is 11.3. The van der Waals surface area contributed by atoms with E-state index in [4.69, 9.17) is 0 Å². The second-order valence-corrected chi connectivity index (χ2v) is 4.35. The second-order valence-electron chi connectivity index (χ2n) is 4.35. The molecular weight excluding hydrogens is 240 g/mol. The molecule has 0 spiro atoms. The van der Waals surface area contributed by atoms with E-state index >= 15 is 0 Å². The van der Waals surface area contributed by atoms with Crippen LogP contribution in [0, 0.1) is 0 Å². The van der Waals surface area contributed by atoms with Gasteiger partial charge in [0.05, 0.1) is 0 Å². The first-order chi connectivity index (χ1) is 9.29. The van der Waals surface area contributed by atoms with Gasteiger partial charge in [0.2, 0.25) is 0 Å². The number of aromatic nitrogens is 3. The average Bonchev–Trinajstić information content (AvgIpc) is 2.92. The number of aromatic amines is 1. The Morgan fingerprint density at radius 2 is 2.26 bits per heavy atom. The lowest BCUT2D eigenvalue weighted by Crippen LogP contribution is -2.23. The van der Waals surface area contributed by atoms with Gasteiger partial charge in [-0.25, -0.2) is 9.97 Å². The Morgan fingerprint density at radius 3 is 3.00 bits per heavy atom. The van der Waals surface area contributed by atoms with E-state index in [9.17, 15) is 0 Å². The lowest BCUT2D eigenvalue weighted by molar-refractivity contribution is 0.709. The Bertz CT molecular complexity index is 482. The first kappa shape index (κ1) is 13.4. The molecule has 2 aromatic rings. The van der Waals surface area contributed by atoms with Crippen molar-refractivity contribution in [3.63, 3.8) is 0 Å². The maximum absolute atomic E-state index is 4.29. The van der Waals surface area contributed by atoms with Crippen molar-refractivity contribution in [1.29, 1.82) is 0 Å². The van der Waals surface area contributed by atoms with Gasteiger partial charge in [-0.1, -0.05) is 0 Å². The van der Waals surface area contributed by atoms with Crippen LogP contribution in [0.5, 0.6) is 0 Å². The molecule has 6 nitrogen and oxygen atoms in total. The standard InChI is InChI=1S/C13H20N6/c1-14-6-4-8-19(2)13-9-12(16-10-17-13)18-11-5-3-7-15-11/h3,5,7,9-10,14-15H,4,6,8H2,1-2H3,(H,16,17,18). The lowest BCUT2D eigenvalue weighted by atomic mass is 10.4. The Morgan fingerprint density at radius 1 is 1.37 bits per heavy atom. The molecule has 0 aliphatic heterocycles. The van der Waals surface area contributed by atoms with Crippen LogP contribution in [0.25, 0.3) is 0 Å². The number of rotatable bonds is 7. The maximum atomic E-state index is 4.29. The highest BCUT2D eigenvalue weighted by molar-refractivity contribution is 5.56. The Hall–Kier alpha value is -2.08. The third-order valence-corrected chi connectivity index (χ3v) is 2.82. The smallest absolute Gasteiger partial charge is 0.136 e. The molecular formula is C13H20N6. The SMILES string of the molecule is CNCCCN(C)c1cc(Nc2ccc[nH]2)ncn1. The van der Waals surface area contributed by atoms with Crippen LogP contribution >= 0.6 is 0 Å². The summed E-state index contributed by atoms with van der Waals surface area (Å²) in [6.07, 6.45) is 4.53. The fraction of sp³-hybridized carbons (Fsp3) is 0.385. The van der Waals surface area contributed by atoms with Crippen LogP contribution in [0.2, 0.25) is 0 Å². The van der Waals surface area contributed by atoms with E-state index in [-0.39, 0.29) is 0 Å². The number of hydrogen-bond acceptors (Lipinski definition) is 5. The Labute approximate surface area is 113 Å². The van der Waals surface area contributed by atoms with Gasteiger partial charge >= 0.3 is 0 Å². The summed E-state index contributed by atoms with van der Waals surface area (Å²) in [4.78, 5) is 13.7. The van der Waals surface area contributed by atoms with Crippen LogP contribution < -0.4 is 15.5 Å². The van der Waals surface area contributed by atoms with Crippen molar-refractivity contribution in [2.24, 2.45) is 0 Å². The van der Waals surface area contributed by atoms with Crippen molar-refractivity contribution in [1.82, 2.24) is 20.3 Å². The quantitative estimate of drug-likeness (QED) is 0.660. The summed E-state index contributed by atoms with van der Waals surface area (Å²) in [6, 6.07) is 5.84. The monoisotopic (exact) mass is 260 g/mol. The van der Waals surface area contributed by atoms with Gasteiger partial charge < -0.3 is 20.5 Å². The molecule has 0 amide bonds. The highest BCUT2D eigenvalue weighted by Gasteiger charge is 2.04. The highest BCUT2D eigenvalue weighted by atomic mass is 15.2. The van der Waals surface area contributed by atoms with Gasteiger partial charge in [0.25, 0.3) is 0 Å². The van der Waals surface area contributed by atoms with Crippen LogP contribution in [0.15, 0.2) is 30.7 Å². The minimum atomic E-state index is 0.785. The predicted molar refractivity (Wildman–Crippen MR) is 77.9 cm³/mol. The maximum Gasteiger partial charge on any atom is 0.136 e. The van der Waals surface area contributed by atoms with Crippen LogP contribution in [0.4, 0.5) is 17.5 Å². The summed E-state index contributed by atoms with van der Waals surface area (Å²) in [6.45, 7) is 1.96. The van der Waals surface area contributed by atoms with Gasteiger partial charge in [-0.05, 0) is 32.1 Å². The summed E-state index contributed by atoms with van der Waals surface area (Å²) in [5.74, 6) is 2.62. The first-order valence-electron chi connectivity index (χ1n) is 6.38. The molecule has 0 fully saturated rings. The molecule has 2 rings (SSSR count). The summed E-state index contributed by atoms with van der Waals surface area (Å²) >= 11 is 0. The molecule has 0 radical (unpaired) electrons. The van der Waals surface area contributed by atoms with E-state index in [2.05, 4.69) is 30.5 Å². The summed E-state index contributed by atoms with van der Waals surface area (Å²) < 4.78 is 0. The van der Waals surface area contributed by atoms with Crippen LogP contribution in [0.1, 0.15) is 6.42 Å². The number of anilines is 3. The van der Waals surface area contributed by atoms with Gasteiger partial charge in [-0.2, -0.15) is 0 Å². The largest absolute Gasteiger partial charge is 0.359 e. The van der Waals surface area contributed by atoms with Gasteiger partial charge in [0.1, 0.15) is 23.8 Å². The van der Waals surface area contributed by atoms with E-state index in [0.29, 0.717) is 0 Å². The molecule has 0 aromatic carbocycles. The third-order valence-electron chi connectivity index (χ3n) is 2.82. The zero-order chi connectivity index (χ0) is 13.5. The molecule has 0 atom stereocenters. The molecule has 19 heavy (non-hydrogen) atoms. The molecule has 0 aliphatic rings. The van der Waals surface area contributed by atoms with Crippen molar-refractivity contribution >= 4 is 17.5 Å². The van der Waals surface area contributed by atoms with E-state index in [1.165, 1.54) is 0 Å². The second kappa shape index (κ2) is 6.75. The van der Waals surface area contributed by atoms with Gasteiger partial charge in [0, 0.05) is 25.9 Å². The van der Waals surface area contributed by atoms with E-state index in [1.54, 1.807) is 6.33 Å². The summed E-state index contributed by atoms with van der Waals surface area (Å²) in [5.41, 5.74) is 0. The van der Waals surface area contributed by atoms with Gasteiger partial charge in [-0.3, -0.25) is 0 Å². The van der Waals surface area contributed by atoms with Crippen LogP contribution in [0.3, 0.4) is 0 Å². The summed E-state index contributed by atoms with van der Waals surface area (Å²) in [7, 11) is 4.00. The van der Waals surface area contributed by atoms with Crippen molar-refractivity contribution < 1.29 is 0 Å². The number of nitrogens with one attached hydrogen (secondary N) is 3. The van der Waals surface area contributed by atoms with Crippen molar-refractivity contribution in [3.05, 3.63) is 30.7 Å². The van der Waals surface area contributed by atoms with Gasteiger partial charge in [0.15, 0.2) is 0 Å².